The Morgan fingerprint density at radius 3 is 2.25 bits per heavy atom. The van der Waals surface area contributed by atoms with Gasteiger partial charge in [-0.25, -0.2) is 4.79 Å². The van der Waals surface area contributed by atoms with Crippen LogP contribution in [-0.2, 0) is 10.1 Å². The third kappa shape index (κ3) is 1.61. The fourth-order valence-corrected chi connectivity index (χ4v) is 2.24. The maximum absolute atomic E-state index is 11.3. The van der Waals surface area contributed by atoms with Gasteiger partial charge in [0.1, 0.15) is 0 Å². The van der Waals surface area contributed by atoms with Crippen molar-refractivity contribution in [2.75, 3.05) is 0 Å². The van der Waals surface area contributed by atoms with Crippen molar-refractivity contribution < 1.29 is 13.0 Å². The molecule has 1 aromatic heterocycles. The van der Waals surface area contributed by atoms with Crippen LogP contribution in [0, 0.1) is 0 Å². The highest BCUT2D eigenvalue weighted by atomic mass is 35.5. The van der Waals surface area contributed by atoms with Gasteiger partial charge in [-0.05, 0) is 18.2 Å². The number of rotatable bonds is 1. The molecule has 0 saturated heterocycles. The van der Waals surface area contributed by atoms with Crippen molar-refractivity contribution in [2.45, 2.75) is 4.90 Å². The predicted octanol–water partition coefficient (Wildman–Crippen LogP) is 1.05. The van der Waals surface area contributed by atoms with Gasteiger partial charge in [-0.3, -0.25) is 4.55 Å². The monoisotopic (exact) mass is 282 g/mol. The SMILES string of the molecule is O=c1n(Cl)c2ccc(S(=O)(=O)O)cc2n1Cl. The van der Waals surface area contributed by atoms with E-state index in [1.807, 2.05) is 0 Å². The zero-order chi connectivity index (χ0) is 12.1. The molecule has 0 aliphatic heterocycles. The molecule has 0 amide bonds. The number of benzene rings is 1. The van der Waals surface area contributed by atoms with Gasteiger partial charge in [-0.2, -0.15) is 16.6 Å². The third-order valence-corrected chi connectivity index (χ3v) is 3.51. The third-order valence-electron chi connectivity index (χ3n) is 2.00. The van der Waals surface area contributed by atoms with E-state index in [0.29, 0.717) is 4.09 Å². The lowest BCUT2D eigenvalue weighted by Gasteiger charge is -1.97. The minimum Gasteiger partial charge on any atom is -0.282 e. The lowest BCUT2D eigenvalue weighted by Crippen LogP contribution is -2.13. The van der Waals surface area contributed by atoms with Crippen LogP contribution in [0.3, 0.4) is 0 Å². The number of aromatic nitrogens is 2. The molecule has 0 spiro atoms. The molecule has 6 nitrogen and oxygen atoms in total. The summed E-state index contributed by atoms with van der Waals surface area (Å²) in [6.45, 7) is 0. The van der Waals surface area contributed by atoms with Gasteiger partial charge >= 0.3 is 5.69 Å². The standard InChI is InChI=1S/C7H4Cl2N2O4S/c8-10-5-2-1-4(16(13,14)15)3-6(5)11(9)7(10)12/h1-3H,(H,13,14,15). The molecule has 2 rings (SSSR count). The first-order valence-corrected chi connectivity index (χ1v) is 6.01. The molecule has 0 aliphatic rings. The summed E-state index contributed by atoms with van der Waals surface area (Å²) >= 11 is 11.2. The number of halogens is 2. The topological polar surface area (TPSA) is 81.3 Å². The quantitative estimate of drug-likeness (QED) is 0.793. The second kappa shape index (κ2) is 3.49. The summed E-state index contributed by atoms with van der Waals surface area (Å²) in [5.41, 5.74) is -0.378. The highest BCUT2D eigenvalue weighted by Crippen LogP contribution is 2.19. The molecule has 0 unspecified atom stereocenters. The Labute approximate surface area is 99.6 Å². The zero-order valence-electron chi connectivity index (χ0n) is 7.46. The van der Waals surface area contributed by atoms with Crippen molar-refractivity contribution in [1.29, 1.82) is 0 Å². The molecule has 0 saturated carbocycles. The van der Waals surface area contributed by atoms with Crippen LogP contribution in [0.15, 0.2) is 27.9 Å². The van der Waals surface area contributed by atoms with Crippen molar-refractivity contribution >= 4 is 44.7 Å². The molecular formula is C7H4Cl2N2O4S. The Kier molecular flexibility index (Phi) is 2.50. The van der Waals surface area contributed by atoms with Crippen LogP contribution in [-0.4, -0.2) is 21.1 Å². The van der Waals surface area contributed by atoms with E-state index in [1.165, 1.54) is 6.07 Å². The molecule has 0 atom stereocenters. The van der Waals surface area contributed by atoms with E-state index in [1.54, 1.807) is 0 Å². The average Bonchev–Trinajstić information content (AvgIpc) is 2.43. The van der Waals surface area contributed by atoms with Crippen molar-refractivity contribution in [2.24, 2.45) is 0 Å². The lowest BCUT2D eigenvalue weighted by atomic mass is 10.3. The van der Waals surface area contributed by atoms with Gasteiger partial charge in [0.2, 0.25) is 0 Å². The van der Waals surface area contributed by atoms with E-state index in [9.17, 15) is 13.2 Å². The van der Waals surface area contributed by atoms with E-state index in [4.69, 9.17) is 28.1 Å². The Morgan fingerprint density at radius 1 is 1.12 bits per heavy atom. The molecule has 9 heteroatoms. The average molecular weight is 283 g/mol. The number of hydrogen-bond donors (Lipinski definition) is 1. The number of nitrogens with zero attached hydrogens (tertiary/aromatic N) is 2. The van der Waals surface area contributed by atoms with Gasteiger partial charge in [-0.15, -0.1) is 0 Å². The molecule has 0 fully saturated rings. The van der Waals surface area contributed by atoms with Crippen LogP contribution in [0.2, 0.25) is 0 Å². The van der Waals surface area contributed by atoms with Crippen LogP contribution in [0.25, 0.3) is 11.0 Å². The fraction of sp³-hybridized carbons (Fsp3) is 0. The van der Waals surface area contributed by atoms with E-state index in [-0.39, 0.29) is 15.9 Å². The fourth-order valence-electron chi connectivity index (χ4n) is 1.27. The molecule has 86 valence electrons. The molecule has 1 heterocycles. The Morgan fingerprint density at radius 2 is 1.69 bits per heavy atom. The Balaban J connectivity index is 2.93. The van der Waals surface area contributed by atoms with Gasteiger partial charge in [-0.1, -0.05) is 0 Å². The van der Waals surface area contributed by atoms with Crippen molar-refractivity contribution in [3.63, 3.8) is 0 Å². The van der Waals surface area contributed by atoms with E-state index in [2.05, 4.69) is 0 Å². The molecule has 16 heavy (non-hydrogen) atoms. The zero-order valence-corrected chi connectivity index (χ0v) is 9.79. The van der Waals surface area contributed by atoms with Crippen LogP contribution in [0.5, 0.6) is 0 Å². The first-order valence-electron chi connectivity index (χ1n) is 3.89. The van der Waals surface area contributed by atoms with E-state index in [0.717, 1.165) is 16.2 Å². The first-order chi connectivity index (χ1) is 7.32. The van der Waals surface area contributed by atoms with Gasteiger partial charge in [0.05, 0.1) is 15.9 Å². The van der Waals surface area contributed by atoms with Crippen molar-refractivity contribution in [3.05, 3.63) is 28.7 Å². The summed E-state index contributed by atoms with van der Waals surface area (Å²) < 4.78 is 32.0. The van der Waals surface area contributed by atoms with Crippen LogP contribution in [0.4, 0.5) is 0 Å². The molecule has 0 bridgehead atoms. The number of hydrogen-bond acceptors (Lipinski definition) is 3. The second-order valence-corrected chi connectivity index (χ2v) is 5.07. The van der Waals surface area contributed by atoms with Gasteiger partial charge < -0.3 is 0 Å². The molecule has 0 aliphatic carbocycles. The van der Waals surface area contributed by atoms with Crippen LogP contribution >= 0.6 is 23.6 Å². The summed E-state index contributed by atoms with van der Waals surface area (Å²) in [6.07, 6.45) is 0. The maximum atomic E-state index is 11.3. The lowest BCUT2D eigenvalue weighted by molar-refractivity contribution is 0.483. The summed E-state index contributed by atoms with van der Waals surface area (Å²) in [5.74, 6) is 0. The van der Waals surface area contributed by atoms with Crippen molar-refractivity contribution in [1.82, 2.24) is 8.17 Å². The second-order valence-electron chi connectivity index (χ2n) is 2.97. The van der Waals surface area contributed by atoms with Gasteiger partial charge in [0.15, 0.2) is 0 Å². The summed E-state index contributed by atoms with van der Waals surface area (Å²) in [6, 6.07) is 3.44. The highest BCUT2D eigenvalue weighted by Gasteiger charge is 2.15. The van der Waals surface area contributed by atoms with E-state index < -0.39 is 15.8 Å². The molecular weight excluding hydrogens is 279 g/mol. The first kappa shape index (κ1) is 11.5. The molecule has 1 N–H and O–H groups in total. The minimum atomic E-state index is -4.34. The Bertz CT molecular complexity index is 731. The smallest absolute Gasteiger partial charge is 0.282 e. The number of imidazole rings is 1. The summed E-state index contributed by atoms with van der Waals surface area (Å²) in [7, 11) is -4.34. The Hall–Kier alpha value is -1.02. The summed E-state index contributed by atoms with van der Waals surface area (Å²) in [5, 5.41) is 0. The predicted molar refractivity (Wildman–Crippen MR) is 58.5 cm³/mol. The molecule has 2 aromatic rings. The number of fused-ring (bicyclic) bond motifs is 1. The largest absolute Gasteiger partial charge is 0.358 e. The molecule has 0 radical (unpaired) electrons. The normalized spacial score (nSPS) is 12.2. The maximum Gasteiger partial charge on any atom is 0.358 e. The minimum absolute atomic E-state index is 0.0943. The van der Waals surface area contributed by atoms with Crippen molar-refractivity contribution in [3.8, 4) is 0 Å². The highest BCUT2D eigenvalue weighted by molar-refractivity contribution is 7.85. The van der Waals surface area contributed by atoms with Gasteiger partial charge in [0.25, 0.3) is 10.1 Å². The van der Waals surface area contributed by atoms with Crippen LogP contribution < -0.4 is 5.69 Å². The summed E-state index contributed by atoms with van der Waals surface area (Å²) in [4.78, 5) is 10.9. The van der Waals surface area contributed by atoms with Crippen LogP contribution in [0.1, 0.15) is 0 Å². The van der Waals surface area contributed by atoms with Gasteiger partial charge in [0, 0.05) is 23.6 Å². The van der Waals surface area contributed by atoms with E-state index >= 15 is 0 Å². The molecule has 1 aromatic carbocycles.